The number of rotatable bonds is 2. The van der Waals surface area contributed by atoms with Crippen LogP contribution in [0.2, 0.25) is 0 Å². The van der Waals surface area contributed by atoms with Crippen molar-refractivity contribution in [3.8, 4) is 0 Å². The number of aryl methyl sites for hydroxylation is 1. The fourth-order valence-electron chi connectivity index (χ4n) is 1.41. The van der Waals surface area contributed by atoms with Gasteiger partial charge in [-0.2, -0.15) is 12.6 Å². The molecule has 1 nitrogen and oxygen atoms in total. The maximum absolute atomic E-state index is 4.26. The Labute approximate surface area is 83.2 Å². The van der Waals surface area contributed by atoms with Crippen LogP contribution in [0.5, 0.6) is 0 Å². The zero-order valence-electron chi connectivity index (χ0n) is 7.27. The van der Waals surface area contributed by atoms with Gasteiger partial charge in [0.05, 0.1) is 5.52 Å². The van der Waals surface area contributed by atoms with E-state index in [9.17, 15) is 0 Å². The lowest BCUT2D eigenvalue weighted by Crippen LogP contribution is -1.86. The van der Waals surface area contributed by atoms with Crippen LogP contribution in [-0.2, 0) is 6.42 Å². The highest BCUT2D eigenvalue weighted by atomic mass is 32.1. The molecule has 0 amide bonds. The first kappa shape index (κ1) is 8.57. The van der Waals surface area contributed by atoms with Gasteiger partial charge < -0.3 is 0 Å². The van der Waals surface area contributed by atoms with Crippen molar-refractivity contribution in [3.63, 3.8) is 0 Å². The predicted octanol–water partition coefficient (Wildman–Crippen LogP) is 2.71. The zero-order chi connectivity index (χ0) is 9.10. The fourth-order valence-corrected chi connectivity index (χ4v) is 1.67. The van der Waals surface area contributed by atoms with Crippen LogP contribution in [0.25, 0.3) is 10.9 Å². The summed E-state index contributed by atoms with van der Waals surface area (Å²) in [7, 11) is 0. The average molecular weight is 189 g/mol. The number of thiol groups is 1. The molecule has 0 atom stereocenters. The van der Waals surface area contributed by atoms with E-state index in [4.69, 9.17) is 0 Å². The Morgan fingerprint density at radius 2 is 2.15 bits per heavy atom. The van der Waals surface area contributed by atoms with Crippen LogP contribution in [0.3, 0.4) is 0 Å². The van der Waals surface area contributed by atoms with E-state index in [1.807, 2.05) is 12.3 Å². The quantitative estimate of drug-likeness (QED) is 0.717. The van der Waals surface area contributed by atoms with E-state index in [-0.39, 0.29) is 0 Å². The highest BCUT2D eigenvalue weighted by molar-refractivity contribution is 7.80. The molecule has 0 spiro atoms. The predicted molar refractivity (Wildman–Crippen MR) is 59.3 cm³/mol. The van der Waals surface area contributed by atoms with Crippen LogP contribution >= 0.6 is 12.6 Å². The number of aromatic nitrogens is 1. The Hall–Kier alpha value is -1.02. The topological polar surface area (TPSA) is 12.9 Å². The summed E-state index contributed by atoms with van der Waals surface area (Å²) in [6.45, 7) is 0. The van der Waals surface area contributed by atoms with Crippen LogP contribution < -0.4 is 0 Å². The molecule has 0 aliphatic heterocycles. The zero-order valence-corrected chi connectivity index (χ0v) is 8.17. The van der Waals surface area contributed by atoms with Crippen molar-refractivity contribution in [1.82, 2.24) is 4.98 Å². The van der Waals surface area contributed by atoms with E-state index < -0.39 is 0 Å². The lowest BCUT2D eigenvalue weighted by molar-refractivity contribution is 1.17. The summed E-state index contributed by atoms with van der Waals surface area (Å²) >= 11 is 4.21. The SMILES string of the molecule is SCCc1ccc2ncccc2c1. The maximum Gasteiger partial charge on any atom is 0.0702 e. The summed E-state index contributed by atoms with van der Waals surface area (Å²) < 4.78 is 0. The lowest BCUT2D eigenvalue weighted by Gasteiger charge is -2.00. The molecule has 2 rings (SSSR count). The Balaban J connectivity index is 2.49. The standard InChI is InChI=1S/C11H11NS/c13-7-5-9-3-4-11-10(8-9)2-1-6-12-11/h1-4,6,8,13H,5,7H2. The smallest absolute Gasteiger partial charge is 0.0702 e. The molecule has 66 valence electrons. The Bertz CT molecular complexity index is 412. The summed E-state index contributed by atoms with van der Waals surface area (Å²) in [5.41, 5.74) is 2.39. The Morgan fingerprint density at radius 1 is 1.23 bits per heavy atom. The lowest BCUT2D eigenvalue weighted by atomic mass is 10.1. The van der Waals surface area contributed by atoms with Gasteiger partial charge in [-0.05, 0) is 35.9 Å². The highest BCUT2D eigenvalue weighted by Gasteiger charge is 1.95. The summed E-state index contributed by atoms with van der Waals surface area (Å²) in [6.07, 6.45) is 2.84. The van der Waals surface area contributed by atoms with Gasteiger partial charge in [0.1, 0.15) is 0 Å². The van der Waals surface area contributed by atoms with Gasteiger partial charge in [0.25, 0.3) is 0 Å². The minimum Gasteiger partial charge on any atom is -0.256 e. The molecule has 0 radical (unpaired) electrons. The minimum absolute atomic E-state index is 0.895. The van der Waals surface area contributed by atoms with Crippen molar-refractivity contribution < 1.29 is 0 Å². The molecule has 0 bridgehead atoms. The van der Waals surface area contributed by atoms with Crippen molar-refractivity contribution in [1.29, 1.82) is 0 Å². The van der Waals surface area contributed by atoms with E-state index in [0.29, 0.717) is 0 Å². The van der Waals surface area contributed by atoms with E-state index in [1.165, 1.54) is 10.9 Å². The summed E-state index contributed by atoms with van der Waals surface area (Å²) in [4.78, 5) is 4.26. The molecule has 2 aromatic rings. The molecule has 0 N–H and O–H groups in total. The monoisotopic (exact) mass is 189 g/mol. The van der Waals surface area contributed by atoms with Crippen molar-refractivity contribution in [2.45, 2.75) is 6.42 Å². The second-order valence-electron chi connectivity index (χ2n) is 3.00. The third-order valence-electron chi connectivity index (χ3n) is 2.07. The average Bonchev–Trinajstić information content (AvgIpc) is 2.18. The molecule has 13 heavy (non-hydrogen) atoms. The second kappa shape index (κ2) is 3.79. The number of hydrogen-bond donors (Lipinski definition) is 1. The summed E-state index contributed by atoms with van der Waals surface area (Å²) in [5.74, 6) is 0.895. The van der Waals surface area contributed by atoms with Gasteiger partial charge >= 0.3 is 0 Å². The van der Waals surface area contributed by atoms with Crippen molar-refractivity contribution in [2.75, 3.05) is 5.75 Å². The van der Waals surface area contributed by atoms with E-state index in [1.54, 1.807) is 0 Å². The van der Waals surface area contributed by atoms with Crippen LogP contribution in [0.15, 0.2) is 36.5 Å². The molecular weight excluding hydrogens is 178 g/mol. The maximum atomic E-state index is 4.26. The van der Waals surface area contributed by atoms with Crippen LogP contribution in [0, 0.1) is 0 Å². The normalized spacial score (nSPS) is 10.5. The Kier molecular flexibility index (Phi) is 2.50. The third kappa shape index (κ3) is 1.83. The first-order valence-electron chi connectivity index (χ1n) is 4.34. The molecule has 2 heteroatoms. The number of benzene rings is 1. The number of hydrogen-bond acceptors (Lipinski definition) is 2. The van der Waals surface area contributed by atoms with Crippen LogP contribution in [0.1, 0.15) is 5.56 Å². The number of pyridine rings is 1. The van der Waals surface area contributed by atoms with Gasteiger partial charge in [-0.25, -0.2) is 0 Å². The van der Waals surface area contributed by atoms with Gasteiger partial charge in [-0.1, -0.05) is 12.1 Å². The molecule has 0 saturated heterocycles. The van der Waals surface area contributed by atoms with E-state index in [2.05, 4.69) is 41.9 Å². The van der Waals surface area contributed by atoms with Crippen molar-refractivity contribution >= 4 is 23.5 Å². The molecule has 1 heterocycles. The first-order chi connectivity index (χ1) is 6.40. The molecule has 0 unspecified atom stereocenters. The molecule has 1 aromatic heterocycles. The number of nitrogens with zero attached hydrogens (tertiary/aromatic N) is 1. The molecule has 0 saturated carbocycles. The second-order valence-corrected chi connectivity index (χ2v) is 3.45. The van der Waals surface area contributed by atoms with Gasteiger partial charge in [-0.15, -0.1) is 0 Å². The van der Waals surface area contributed by atoms with Crippen LogP contribution in [0.4, 0.5) is 0 Å². The first-order valence-corrected chi connectivity index (χ1v) is 4.98. The Morgan fingerprint density at radius 3 is 3.00 bits per heavy atom. The van der Waals surface area contributed by atoms with E-state index in [0.717, 1.165) is 17.7 Å². The fraction of sp³-hybridized carbons (Fsp3) is 0.182. The van der Waals surface area contributed by atoms with Gasteiger partial charge in [0, 0.05) is 11.6 Å². The molecule has 1 aromatic carbocycles. The van der Waals surface area contributed by atoms with Crippen molar-refractivity contribution in [2.24, 2.45) is 0 Å². The summed E-state index contributed by atoms with van der Waals surface area (Å²) in [5, 5.41) is 1.21. The van der Waals surface area contributed by atoms with Gasteiger partial charge in [-0.3, -0.25) is 4.98 Å². The molecule has 0 aliphatic carbocycles. The van der Waals surface area contributed by atoms with Crippen molar-refractivity contribution in [3.05, 3.63) is 42.1 Å². The minimum atomic E-state index is 0.895. The third-order valence-corrected chi connectivity index (χ3v) is 2.29. The van der Waals surface area contributed by atoms with Crippen LogP contribution in [-0.4, -0.2) is 10.7 Å². The molecular formula is C11H11NS. The molecule has 0 aliphatic rings. The van der Waals surface area contributed by atoms with Gasteiger partial charge in [0.2, 0.25) is 0 Å². The largest absolute Gasteiger partial charge is 0.256 e. The molecule has 0 fully saturated rings. The van der Waals surface area contributed by atoms with E-state index >= 15 is 0 Å². The van der Waals surface area contributed by atoms with Gasteiger partial charge in [0.15, 0.2) is 0 Å². The number of fused-ring (bicyclic) bond motifs is 1. The summed E-state index contributed by atoms with van der Waals surface area (Å²) in [6, 6.07) is 10.4. The highest BCUT2D eigenvalue weighted by Crippen LogP contribution is 2.13.